The van der Waals surface area contributed by atoms with Crippen LogP contribution in [0.3, 0.4) is 0 Å². The molecule has 0 radical (unpaired) electrons. The molecule has 12 nitrogen and oxygen atoms in total. The molecule has 1 amide bonds. The van der Waals surface area contributed by atoms with Crippen molar-refractivity contribution in [1.82, 2.24) is 10.6 Å². The number of nitrogens with two attached hydrogens (primary N) is 2. The first-order valence-electron chi connectivity index (χ1n) is 15.3. The average Bonchev–Trinajstić information content (AvgIpc) is 2.91. The second kappa shape index (κ2) is 35.6. The van der Waals surface area contributed by atoms with Gasteiger partial charge in [-0.25, -0.2) is 0 Å². The smallest absolute Gasteiger partial charge is 0.550 e. The molecular formula is C29H55N5Na2O7. The molecule has 2 unspecified atom stereocenters. The Labute approximate surface area is 302 Å². The van der Waals surface area contributed by atoms with Crippen molar-refractivity contribution < 1.29 is 93.6 Å². The summed E-state index contributed by atoms with van der Waals surface area (Å²) in [6, 6.07) is -2.09. The SMILES string of the molecule is CCCCCCCCCCCCCCCCCC(=O)NC(CCC(=O)[O-])C(=O)[O-].N=C(N)NCCCC(N)C(=O)O.[Na+].[Na+]. The number of hydrogen-bond acceptors (Lipinski definition) is 8. The van der Waals surface area contributed by atoms with Crippen molar-refractivity contribution >= 4 is 29.8 Å². The topological polar surface area (TPSA) is 235 Å². The fourth-order valence-corrected chi connectivity index (χ4v) is 4.10. The summed E-state index contributed by atoms with van der Waals surface area (Å²) in [7, 11) is 0. The summed E-state index contributed by atoms with van der Waals surface area (Å²) < 4.78 is 0. The van der Waals surface area contributed by atoms with E-state index < -0.39 is 36.4 Å². The zero-order valence-corrected chi connectivity index (χ0v) is 31.1. The third kappa shape index (κ3) is 39.1. The summed E-state index contributed by atoms with van der Waals surface area (Å²) in [4.78, 5) is 43.3. The summed E-state index contributed by atoms with van der Waals surface area (Å²) in [5.41, 5.74) is 10.2. The largest absolute Gasteiger partial charge is 1.00 e. The number of hydrogen-bond donors (Lipinski definition) is 6. The Morgan fingerprint density at radius 2 is 1.19 bits per heavy atom. The molecule has 14 heteroatoms. The zero-order chi connectivity index (χ0) is 31.3. The maximum Gasteiger partial charge on any atom is 1.00 e. The molecular weight excluding hydrogens is 576 g/mol. The molecule has 0 heterocycles. The van der Waals surface area contributed by atoms with Crippen LogP contribution < -0.4 is 91.4 Å². The number of aliphatic carboxylic acids is 3. The number of carboxylic acid groups (broad SMARTS) is 3. The molecule has 0 aromatic carbocycles. The number of carboxylic acids is 3. The van der Waals surface area contributed by atoms with E-state index in [-0.39, 0.29) is 83.8 Å². The van der Waals surface area contributed by atoms with Gasteiger partial charge in [0, 0.05) is 18.9 Å². The summed E-state index contributed by atoms with van der Waals surface area (Å²) in [5, 5.41) is 41.4. The molecule has 0 aromatic rings. The molecule has 0 spiro atoms. The van der Waals surface area contributed by atoms with Crippen LogP contribution in [0.1, 0.15) is 135 Å². The van der Waals surface area contributed by atoms with Gasteiger partial charge < -0.3 is 47.0 Å². The third-order valence-corrected chi connectivity index (χ3v) is 6.59. The van der Waals surface area contributed by atoms with Gasteiger partial charge in [0.05, 0.1) is 12.0 Å². The van der Waals surface area contributed by atoms with Crippen LogP contribution in [0.2, 0.25) is 0 Å². The molecule has 0 saturated heterocycles. The van der Waals surface area contributed by atoms with E-state index >= 15 is 0 Å². The second-order valence-electron chi connectivity index (χ2n) is 10.5. The molecule has 0 bridgehead atoms. The quantitative estimate of drug-likeness (QED) is 0.0232. The maximum absolute atomic E-state index is 11.8. The zero-order valence-electron chi connectivity index (χ0n) is 27.1. The van der Waals surface area contributed by atoms with Crippen LogP contribution in [0.5, 0.6) is 0 Å². The molecule has 0 fully saturated rings. The number of amides is 1. The van der Waals surface area contributed by atoms with Crippen LogP contribution in [0.15, 0.2) is 0 Å². The molecule has 240 valence electrons. The third-order valence-electron chi connectivity index (χ3n) is 6.59. The van der Waals surface area contributed by atoms with Gasteiger partial charge in [-0.1, -0.05) is 96.8 Å². The van der Waals surface area contributed by atoms with Crippen molar-refractivity contribution in [1.29, 1.82) is 5.41 Å². The fraction of sp³-hybridized carbons (Fsp3) is 0.828. The van der Waals surface area contributed by atoms with E-state index in [1.807, 2.05) is 0 Å². The number of guanidine groups is 1. The van der Waals surface area contributed by atoms with Crippen molar-refractivity contribution in [2.45, 2.75) is 147 Å². The molecule has 0 saturated carbocycles. The minimum absolute atomic E-state index is 0. The van der Waals surface area contributed by atoms with Crippen LogP contribution >= 0.6 is 0 Å². The molecule has 8 N–H and O–H groups in total. The van der Waals surface area contributed by atoms with Crippen LogP contribution in [-0.2, 0) is 19.2 Å². The van der Waals surface area contributed by atoms with E-state index in [0.29, 0.717) is 25.8 Å². The Balaban J connectivity index is -0.000000459. The Hall–Kier alpha value is -0.890. The molecule has 0 aliphatic heterocycles. The molecule has 0 rings (SSSR count). The van der Waals surface area contributed by atoms with Gasteiger partial charge in [-0.3, -0.25) is 15.0 Å². The van der Waals surface area contributed by atoms with E-state index in [4.69, 9.17) is 22.0 Å². The van der Waals surface area contributed by atoms with Crippen molar-refractivity contribution in [2.24, 2.45) is 11.5 Å². The summed E-state index contributed by atoms with van der Waals surface area (Å²) >= 11 is 0. The van der Waals surface area contributed by atoms with Crippen LogP contribution in [0.4, 0.5) is 0 Å². The van der Waals surface area contributed by atoms with E-state index in [0.717, 1.165) is 12.8 Å². The fourth-order valence-electron chi connectivity index (χ4n) is 4.10. The van der Waals surface area contributed by atoms with Gasteiger partial charge in [-0.2, -0.15) is 0 Å². The first-order chi connectivity index (χ1) is 19.5. The Morgan fingerprint density at radius 3 is 1.56 bits per heavy atom. The standard InChI is InChI=1S/C23H43NO5.C6H14N4O2.2Na/c1-2-3-4-5-6-7-8-9-10-11-12-13-14-15-16-17-21(25)24-20(23(28)29)18-19-22(26)27;7-4(5(11)12)2-1-3-10-6(8)9;;/h20H,2-19H2,1H3,(H,24,25)(H,26,27)(H,28,29);4H,1-3,7H2,(H,11,12)(H4,8,9,10);;/q;;2*+1/p-2. The predicted octanol–water partition coefficient (Wildman–Crippen LogP) is -4.32. The van der Waals surface area contributed by atoms with Gasteiger partial charge in [-0.15, -0.1) is 0 Å². The Bertz CT molecular complexity index is 733. The predicted molar refractivity (Wildman–Crippen MR) is 155 cm³/mol. The van der Waals surface area contributed by atoms with Gasteiger partial charge in [0.25, 0.3) is 0 Å². The maximum atomic E-state index is 11.8. The minimum atomic E-state index is -1.46. The van der Waals surface area contributed by atoms with E-state index in [1.54, 1.807) is 0 Å². The van der Waals surface area contributed by atoms with Gasteiger partial charge in [-0.05, 0) is 32.1 Å². The van der Waals surface area contributed by atoms with Crippen molar-refractivity contribution in [3.8, 4) is 0 Å². The number of rotatable bonds is 26. The van der Waals surface area contributed by atoms with Crippen molar-refractivity contribution in [2.75, 3.05) is 6.54 Å². The van der Waals surface area contributed by atoms with Crippen molar-refractivity contribution in [3.63, 3.8) is 0 Å². The van der Waals surface area contributed by atoms with Gasteiger partial charge in [0.2, 0.25) is 5.91 Å². The van der Waals surface area contributed by atoms with Crippen LogP contribution in [0.25, 0.3) is 0 Å². The normalized spacial score (nSPS) is 11.4. The van der Waals surface area contributed by atoms with E-state index in [1.165, 1.54) is 77.0 Å². The number of nitrogens with one attached hydrogen (secondary N) is 3. The van der Waals surface area contributed by atoms with Crippen molar-refractivity contribution in [3.05, 3.63) is 0 Å². The molecule has 2 atom stereocenters. The first-order valence-corrected chi connectivity index (χ1v) is 15.3. The van der Waals surface area contributed by atoms with Crippen LogP contribution in [-0.4, -0.2) is 53.5 Å². The Kier molecular flexibility index (Phi) is 40.6. The molecule has 0 aliphatic rings. The van der Waals surface area contributed by atoms with Gasteiger partial charge >= 0.3 is 65.1 Å². The number of carbonyl (C=O) groups excluding carboxylic acids is 3. The molecule has 0 aromatic heterocycles. The average molecular weight is 632 g/mol. The number of carbonyl (C=O) groups is 4. The Morgan fingerprint density at radius 1 is 0.744 bits per heavy atom. The summed E-state index contributed by atoms with van der Waals surface area (Å²) in [5.74, 6) is -4.28. The monoisotopic (exact) mass is 631 g/mol. The second-order valence-corrected chi connectivity index (χ2v) is 10.5. The summed E-state index contributed by atoms with van der Waals surface area (Å²) in [6.07, 6.45) is 19.2. The van der Waals surface area contributed by atoms with E-state index in [2.05, 4.69) is 17.6 Å². The molecule has 0 aliphatic carbocycles. The molecule has 43 heavy (non-hydrogen) atoms. The number of unbranched alkanes of at least 4 members (excludes halogenated alkanes) is 14. The van der Waals surface area contributed by atoms with Gasteiger partial charge in [0.15, 0.2) is 5.96 Å². The first kappa shape index (κ1) is 49.0. The summed E-state index contributed by atoms with van der Waals surface area (Å²) in [6.45, 7) is 2.73. The van der Waals surface area contributed by atoms with Crippen LogP contribution in [0, 0.1) is 5.41 Å². The van der Waals surface area contributed by atoms with E-state index in [9.17, 15) is 29.4 Å². The van der Waals surface area contributed by atoms with Gasteiger partial charge in [0.1, 0.15) is 6.04 Å². The minimum Gasteiger partial charge on any atom is -0.550 e.